The van der Waals surface area contributed by atoms with Gasteiger partial charge in [-0.2, -0.15) is 4.31 Å². The summed E-state index contributed by atoms with van der Waals surface area (Å²) in [6.45, 7) is 2.34. The molecule has 2 saturated heterocycles. The lowest BCUT2D eigenvalue weighted by molar-refractivity contribution is -0.644. The van der Waals surface area contributed by atoms with E-state index in [-0.39, 0.29) is 17.9 Å². The number of aryl methyl sites for hydroxylation is 1. The minimum absolute atomic E-state index is 0.00421. The Hall–Kier alpha value is -2.59. The second-order valence-corrected chi connectivity index (χ2v) is 10.9. The first-order valence-electron chi connectivity index (χ1n) is 11.3. The topological polar surface area (TPSA) is 84.0 Å². The Kier molecular flexibility index (Phi) is 5.82. The predicted molar refractivity (Wildman–Crippen MR) is 122 cm³/mol. The van der Waals surface area contributed by atoms with Crippen molar-refractivity contribution in [2.24, 2.45) is 7.05 Å². The highest BCUT2D eigenvalue weighted by molar-refractivity contribution is 7.89. The van der Waals surface area contributed by atoms with Gasteiger partial charge in [0, 0.05) is 32.3 Å². The lowest BCUT2D eigenvalue weighted by Crippen LogP contribution is -2.35. The predicted octanol–water partition coefficient (Wildman–Crippen LogP) is 1.68. The molecule has 0 saturated carbocycles. The molecule has 2 aliphatic rings. The number of pyridine rings is 1. The molecular formula is C24H29N4O4S+. The molecule has 4 heterocycles. The Morgan fingerprint density at radius 1 is 1.18 bits per heavy atom. The highest BCUT2D eigenvalue weighted by atomic mass is 32.2. The monoisotopic (exact) mass is 469 g/mol. The van der Waals surface area contributed by atoms with Crippen molar-refractivity contribution in [3.8, 4) is 0 Å². The second kappa shape index (κ2) is 8.64. The van der Waals surface area contributed by atoms with E-state index in [1.54, 1.807) is 28.6 Å². The van der Waals surface area contributed by atoms with Crippen LogP contribution in [0, 0.1) is 0 Å². The van der Waals surface area contributed by atoms with E-state index in [4.69, 9.17) is 4.74 Å². The first-order chi connectivity index (χ1) is 15.9. The molecule has 1 atom stereocenters. The van der Waals surface area contributed by atoms with Crippen LogP contribution in [0.3, 0.4) is 0 Å². The van der Waals surface area contributed by atoms with E-state index in [2.05, 4.69) is 5.32 Å². The Morgan fingerprint density at radius 2 is 2.00 bits per heavy atom. The van der Waals surface area contributed by atoms with Gasteiger partial charge in [0.1, 0.15) is 18.6 Å². The molecule has 33 heavy (non-hydrogen) atoms. The fourth-order valence-corrected chi connectivity index (χ4v) is 6.30. The zero-order chi connectivity index (χ0) is 23.1. The van der Waals surface area contributed by atoms with E-state index in [1.165, 1.54) is 0 Å². The van der Waals surface area contributed by atoms with Crippen molar-refractivity contribution in [2.45, 2.75) is 36.3 Å². The number of hydrogen-bond acceptors (Lipinski definition) is 5. The van der Waals surface area contributed by atoms with Crippen molar-refractivity contribution < 1.29 is 22.5 Å². The summed E-state index contributed by atoms with van der Waals surface area (Å²) in [6, 6.07) is 10.6. The molecule has 1 N–H and O–H groups in total. The van der Waals surface area contributed by atoms with E-state index in [9.17, 15) is 13.2 Å². The molecule has 2 aliphatic heterocycles. The molecule has 174 valence electrons. The summed E-state index contributed by atoms with van der Waals surface area (Å²) < 4.78 is 37.4. The number of nitrogens with zero attached hydrogens (tertiary/aromatic N) is 3. The third-order valence-corrected chi connectivity index (χ3v) is 8.59. The summed E-state index contributed by atoms with van der Waals surface area (Å²) in [4.78, 5) is 12.8. The van der Waals surface area contributed by atoms with Gasteiger partial charge in [-0.25, -0.2) is 17.4 Å². The number of sulfonamides is 1. The van der Waals surface area contributed by atoms with Crippen LogP contribution in [0.5, 0.6) is 0 Å². The molecule has 2 aromatic heterocycles. The van der Waals surface area contributed by atoms with Crippen molar-refractivity contribution in [3.05, 3.63) is 66.1 Å². The van der Waals surface area contributed by atoms with Crippen LogP contribution in [0.2, 0.25) is 0 Å². The number of carbonyl (C=O) groups is 1. The number of ketones is 1. The molecule has 2 fully saturated rings. The molecule has 8 nitrogen and oxygen atoms in total. The van der Waals surface area contributed by atoms with E-state index in [0.717, 1.165) is 37.1 Å². The molecule has 1 spiro atoms. The average Bonchev–Trinajstić information content (AvgIpc) is 3.56. The molecule has 0 bridgehead atoms. The Morgan fingerprint density at radius 3 is 2.76 bits per heavy atom. The van der Waals surface area contributed by atoms with Gasteiger partial charge in [0.2, 0.25) is 10.0 Å². The number of fused-ring (bicyclic) bond motifs is 1. The molecule has 0 radical (unpaired) electrons. The van der Waals surface area contributed by atoms with Gasteiger partial charge in [-0.15, -0.1) is 0 Å². The molecule has 0 aliphatic carbocycles. The van der Waals surface area contributed by atoms with Gasteiger partial charge in [-0.3, -0.25) is 4.79 Å². The highest BCUT2D eigenvalue weighted by Gasteiger charge is 2.45. The van der Waals surface area contributed by atoms with Crippen molar-refractivity contribution in [1.82, 2.24) is 14.0 Å². The van der Waals surface area contributed by atoms with Crippen LogP contribution >= 0.6 is 0 Å². The first-order valence-corrected chi connectivity index (χ1v) is 12.7. The third-order valence-electron chi connectivity index (χ3n) is 6.73. The molecule has 3 aromatic rings. The van der Waals surface area contributed by atoms with Gasteiger partial charge in [-0.05, 0) is 43.0 Å². The van der Waals surface area contributed by atoms with Crippen LogP contribution in [0.15, 0.2) is 59.9 Å². The number of ether oxygens (including phenoxy) is 1. The SMILES string of the molecule is C[n+]1ccn2cc(C(=O)CNCc3ccc(S(=O)(=O)N4CCC5(CCCO5)C4)cc3)ccc21. The van der Waals surface area contributed by atoms with Crippen molar-refractivity contribution in [2.75, 3.05) is 26.2 Å². The zero-order valence-corrected chi connectivity index (χ0v) is 19.6. The number of imidazole rings is 1. The van der Waals surface area contributed by atoms with E-state index in [0.29, 0.717) is 30.1 Å². The summed E-state index contributed by atoms with van der Waals surface area (Å²) >= 11 is 0. The zero-order valence-electron chi connectivity index (χ0n) is 18.7. The summed E-state index contributed by atoms with van der Waals surface area (Å²) in [5.74, 6) is 0.00421. The minimum Gasteiger partial charge on any atom is -0.374 e. The second-order valence-electron chi connectivity index (χ2n) is 8.99. The van der Waals surface area contributed by atoms with Gasteiger partial charge in [0.15, 0.2) is 5.78 Å². The van der Waals surface area contributed by atoms with Crippen LogP contribution in [0.1, 0.15) is 35.2 Å². The van der Waals surface area contributed by atoms with Gasteiger partial charge < -0.3 is 10.1 Å². The van der Waals surface area contributed by atoms with Crippen molar-refractivity contribution in [3.63, 3.8) is 0 Å². The number of rotatable bonds is 7. The number of benzene rings is 1. The third kappa shape index (κ3) is 4.33. The summed E-state index contributed by atoms with van der Waals surface area (Å²) in [7, 11) is -1.57. The molecule has 0 amide bonds. The molecule has 5 rings (SSSR count). The van der Waals surface area contributed by atoms with Crippen molar-refractivity contribution in [1.29, 1.82) is 0 Å². The molecule has 9 heteroatoms. The van der Waals surface area contributed by atoms with E-state index >= 15 is 0 Å². The van der Waals surface area contributed by atoms with Crippen molar-refractivity contribution >= 4 is 21.5 Å². The molecular weight excluding hydrogens is 440 g/mol. The maximum Gasteiger partial charge on any atom is 0.285 e. The Labute approximate surface area is 193 Å². The average molecular weight is 470 g/mol. The molecule has 1 aromatic carbocycles. The maximum atomic E-state index is 13.0. The normalized spacial score (nSPS) is 21.4. The lowest BCUT2D eigenvalue weighted by Gasteiger charge is -2.23. The largest absolute Gasteiger partial charge is 0.374 e. The number of carbonyl (C=O) groups excluding carboxylic acids is 1. The minimum atomic E-state index is -3.53. The van der Waals surface area contributed by atoms with E-state index < -0.39 is 10.0 Å². The highest BCUT2D eigenvalue weighted by Crippen LogP contribution is 2.37. The summed E-state index contributed by atoms with van der Waals surface area (Å²) in [6.07, 6.45) is 8.38. The molecule has 1 unspecified atom stereocenters. The fourth-order valence-electron chi connectivity index (χ4n) is 4.78. The fraction of sp³-hybridized carbons (Fsp3) is 0.417. The first kappa shape index (κ1) is 22.2. The van der Waals surface area contributed by atoms with Crippen LogP contribution in [0.4, 0.5) is 0 Å². The van der Waals surface area contributed by atoms with Gasteiger partial charge in [-0.1, -0.05) is 12.1 Å². The van der Waals surface area contributed by atoms with Crippen LogP contribution in [0.25, 0.3) is 5.65 Å². The lowest BCUT2D eigenvalue weighted by atomic mass is 10.00. The summed E-state index contributed by atoms with van der Waals surface area (Å²) in [5, 5.41) is 3.16. The number of aromatic nitrogens is 2. The Balaban J connectivity index is 1.17. The smallest absolute Gasteiger partial charge is 0.285 e. The Bertz CT molecular complexity index is 1280. The number of nitrogens with one attached hydrogen (secondary N) is 1. The van der Waals surface area contributed by atoms with E-state index in [1.807, 2.05) is 46.7 Å². The number of Topliss-reactive ketones (excluding diaryl/α,β-unsaturated/α-hetero) is 1. The summed E-state index contributed by atoms with van der Waals surface area (Å²) in [5.41, 5.74) is 2.29. The number of hydrogen-bond donors (Lipinski definition) is 1. The maximum absolute atomic E-state index is 13.0. The van der Waals surface area contributed by atoms with Crippen LogP contribution in [-0.2, 0) is 28.4 Å². The van der Waals surface area contributed by atoms with Crippen LogP contribution in [-0.4, -0.2) is 54.7 Å². The van der Waals surface area contributed by atoms with Gasteiger partial charge in [0.25, 0.3) is 5.65 Å². The van der Waals surface area contributed by atoms with Gasteiger partial charge >= 0.3 is 0 Å². The van der Waals surface area contributed by atoms with Gasteiger partial charge in [0.05, 0.1) is 29.7 Å². The van der Waals surface area contributed by atoms with Crippen LogP contribution < -0.4 is 9.88 Å². The standard InChI is InChI=1S/C24H29N4O4S/c1-26-12-13-27-17-20(5-8-23(26)27)22(29)16-25-15-19-3-6-21(7-4-19)33(30,31)28-11-10-24(18-28)9-2-14-32-24/h3-8,12-13,17,25H,2,9-11,14-16,18H2,1H3/q+1. The quantitative estimate of drug-likeness (QED) is 0.421.